The van der Waals surface area contributed by atoms with Gasteiger partial charge < -0.3 is 5.32 Å². The Balaban J connectivity index is 1.80. The maximum absolute atomic E-state index is 13.3. The summed E-state index contributed by atoms with van der Waals surface area (Å²) in [5.74, 6) is -0.447. The number of benzene rings is 2. The highest BCUT2D eigenvalue weighted by Gasteiger charge is 2.29. The topological polar surface area (TPSA) is 66.5 Å². The van der Waals surface area contributed by atoms with Crippen LogP contribution in [0.3, 0.4) is 0 Å². The zero-order valence-electron chi connectivity index (χ0n) is 16.6. The van der Waals surface area contributed by atoms with Crippen molar-refractivity contribution in [3.63, 3.8) is 0 Å². The lowest BCUT2D eigenvalue weighted by Gasteiger charge is -2.30. The van der Waals surface area contributed by atoms with Gasteiger partial charge in [-0.25, -0.2) is 12.8 Å². The van der Waals surface area contributed by atoms with Crippen LogP contribution in [0.5, 0.6) is 0 Å². The van der Waals surface area contributed by atoms with Gasteiger partial charge in [0.15, 0.2) is 0 Å². The largest absolute Gasteiger partial charge is 0.352 e. The molecule has 0 heterocycles. The van der Waals surface area contributed by atoms with Crippen molar-refractivity contribution < 1.29 is 17.6 Å². The smallest absolute Gasteiger partial charge is 0.243 e. The predicted octanol–water partition coefficient (Wildman–Crippen LogP) is 3.71. The third-order valence-electron chi connectivity index (χ3n) is 5.43. The molecule has 0 bridgehead atoms. The quantitative estimate of drug-likeness (QED) is 0.745. The van der Waals surface area contributed by atoms with Crippen molar-refractivity contribution in [3.8, 4) is 0 Å². The molecule has 1 aliphatic rings. The highest BCUT2D eigenvalue weighted by atomic mass is 32.2. The summed E-state index contributed by atoms with van der Waals surface area (Å²) >= 11 is 0. The summed E-state index contributed by atoms with van der Waals surface area (Å²) in [5, 5.41) is 3.01. The fraction of sp³-hybridized carbons (Fsp3) is 0.409. The number of hydrogen-bond acceptors (Lipinski definition) is 3. The molecule has 1 saturated carbocycles. The minimum atomic E-state index is -3.96. The number of sulfonamides is 1. The number of nitrogens with one attached hydrogen (secondary N) is 1. The van der Waals surface area contributed by atoms with E-state index in [1.54, 1.807) is 0 Å². The molecule has 1 aliphatic carbocycles. The molecular formula is C22H27FN2O3S. The molecule has 156 valence electrons. The van der Waals surface area contributed by atoms with E-state index in [4.69, 9.17) is 0 Å². The fourth-order valence-corrected chi connectivity index (χ4v) is 5.10. The van der Waals surface area contributed by atoms with Gasteiger partial charge in [0.2, 0.25) is 15.9 Å². The Morgan fingerprint density at radius 2 is 1.72 bits per heavy atom. The van der Waals surface area contributed by atoms with Gasteiger partial charge in [0.25, 0.3) is 0 Å². The molecule has 1 amide bonds. The van der Waals surface area contributed by atoms with E-state index in [9.17, 15) is 17.6 Å². The molecule has 1 fully saturated rings. The highest BCUT2D eigenvalue weighted by Crippen LogP contribution is 2.24. The Morgan fingerprint density at radius 1 is 1.07 bits per heavy atom. The summed E-state index contributed by atoms with van der Waals surface area (Å²) in [6.07, 6.45) is 4.20. The molecule has 29 heavy (non-hydrogen) atoms. The van der Waals surface area contributed by atoms with Crippen molar-refractivity contribution in [1.82, 2.24) is 9.62 Å². The molecule has 5 nitrogen and oxygen atoms in total. The summed E-state index contributed by atoms with van der Waals surface area (Å²) in [4.78, 5) is 12.7. The second-order valence-electron chi connectivity index (χ2n) is 7.65. The first kappa shape index (κ1) is 21.5. The summed E-state index contributed by atoms with van der Waals surface area (Å²) in [6.45, 7) is 1.90. The molecule has 0 spiro atoms. The van der Waals surface area contributed by atoms with Gasteiger partial charge in [-0.3, -0.25) is 4.79 Å². The first-order valence-electron chi connectivity index (χ1n) is 9.95. The highest BCUT2D eigenvalue weighted by molar-refractivity contribution is 7.89. The van der Waals surface area contributed by atoms with Gasteiger partial charge >= 0.3 is 0 Å². The van der Waals surface area contributed by atoms with Crippen LogP contribution in [0.25, 0.3) is 0 Å². The van der Waals surface area contributed by atoms with Crippen LogP contribution in [0.2, 0.25) is 0 Å². The number of rotatable bonds is 7. The Labute approximate surface area is 172 Å². The predicted molar refractivity (Wildman–Crippen MR) is 110 cm³/mol. The molecule has 0 aliphatic heterocycles. The lowest BCUT2D eigenvalue weighted by Crippen LogP contribution is -2.46. The zero-order chi connectivity index (χ0) is 20.9. The molecule has 2 aromatic carbocycles. The molecule has 3 rings (SSSR count). The molecule has 2 aromatic rings. The van der Waals surface area contributed by atoms with Gasteiger partial charge in [-0.2, -0.15) is 4.31 Å². The SMILES string of the molecule is C[C@H]1CCCC[C@@H]1NC(=O)CN(Cc1ccccc1)S(=O)(=O)c1ccc(F)cc1. The monoisotopic (exact) mass is 418 g/mol. The van der Waals surface area contributed by atoms with Crippen LogP contribution in [0, 0.1) is 11.7 Å². The van der Waals surface area contributed by atoms with Gasteiger partial charge in [-0.1, -0.05) is 50.1 Å². The average molecular weight is 419 g/mol. The Kier molecular flexibility index (Phi) is 7.03. The van der Waals surface area contributed by atoms with E-state index in [0.717, 1.165) is 47.7 Å². The molecule has 1 N–H and O–H groups in total. The number of amides is 1. The van der Waals surface area contributed by atoms with Crippen molar-refractivity contribution in [2.45, 2.75) is 50.1 Å². The van der Waals surface area contributed by atoms with Crippen LogP contribution in [0.15, 0.2) is 59.5 Å². The van der Waals surface area contributed by atoms with E-state index >= 15 is 0 Å². The standard InChI is InChI=1S/C22H27FN2O3S/c1-17-7-5-6-10-21(17)24-22(26)16-25(15-18-8-3-2-4-9-18)29(27,28)20-13-11-19(23)12-14-20/h2-4,8-9,11-14,17,21H,5-7,10,15-16H2,1H3,(H,24,26)/t17-,21-/m0/s1. The van der Waals surface area contributed by atoms with Crippen LogP contribution in [-0.2, 0) is 21.4 Å². The minimum Gasteiger partial charge on any atom is -0.352 e. The molecule has 0 aromatic heterocycles. The van der Waals surface area contributed by atoms with E-state index in [-0.39, 0.29) is 29.9 Å². The summed E-state index contributed by atoms with van der Waals surface area (Å²) in [6, 6.07) is 13.9. The number of carbonyl (C=O) groups excluding carboxylic acids is 1. The normalized spacial score (nSPS) is 19.8. The van der Waals surface area contributed by atoms with Crippen LogP contribution >= 0.6 is 0 Å². The lowest BCUT2D eigenvalue weighted by molar-refractivity contribution is -0.122. The Bertz CT molecular complexity index is 917. The molecular weight excluding hydrogens is 391 g/mol. The first-order valence-corrected chi connectivity index (χ1v) is 11.4. The first-order chi connectivity index (χ1) is 13.9. The van der Waals surface area contributed by atoms with E-state index in [1.807, 2.05) is 30.3 Å². The van der Waals surface area contributed by atoms with Crippen molar-refractivity contribution in [1.29, 1.82) is 0 Å². The zero-order valence-corrected chi connectivity index (χ0v) is 17.4. The maximum atomic E-state index is 13.3. The van der Waals surface area contributed by atoms with E-state index in [0.29, 0.717) is 5.92 Å². The third kappa shape index (κ3) is 5.64. The van der Waals surface area contributed by atoms with Crippen LogP contribution in [0.1, 0.15) is 38.2 Å². The van der Waals surface area contributed by atoms with Gasteiger partial charge in [0, 0.05) is 12.6 Å². The van der Waals surface area contributed by atoms with Crippen LogP contribution in [-0.4, -0.2) is 31.2 Å². The second-order valence-corrected chi connectivity index (χ2v) is 9.59. The van der Waals surface area contributed by atoms with Crippen molar-refractivity contribution in [2.75, 3.05) is 6.54 Å². The van der Waals surface area contributed by atoms with E-state index < -0.39 is 15.8 Å². The van der Waals surface area contributed by atoms with Gasteiger partial charge in [-0.05, 0) is 48.6 Å². The van der Waals surface area contributed by atoms with Crippen molar-refractivity contribution in [2.24, 2.45) is 5.92 Å². The van der Waals surface area contributed by atoms with Crippen LogP contribution in [0.4, 0.5) is 4.39 Å². The number of nitrogens with zero attached hydrogens (tertiary/aromatic N) is 1. The lowest BCUT2D eigenvalue weighted by atomic mass is 9.86. The van der Waals surface area contributed by atoms with Crippen LogP contribution < -0.4 is 5.32 Å². The molecule has 0 radical (unpaired) electrons. The average Bonchev–Trinajstić information content (AvgIpc) is 2.70. The van der Waals surface area contributed by atoms with Gasteiger partial charge in [0.05, 0.1) is 11.4 Å². The number of hydrogen-bond donors (Lipinski definition) is 1. The second kappa shape index (κ2) is 9.50. The molecule has 7 heteroatoms. The van der Waals surface area contributed by atoms with Gasteiger partial charge in [-0.15, -0.1) is 0 Å². The number of carbonyl (C=O) groups is 1. The molecule has 2 atom stereocenters. The van der Waals surface area contributed by atoms with E-state index in [2.05, 4.69) is 12.2 Å². The molecule has 0 saturated heterocycles. The third-order valence-corrected chi connectivity index (χ3v) is 7.24. The summed E-state index contributed by atoms with van der Waals surface area (Å²) < 4.78 is 40.7. The van der Waals surface area contributed by atoms with E-state index in [1.165, 1.54) is 12.1 Å². The van der Waals surface area contributed by atoms with Crippen molar-refractivity contribution in [3.05, 3.63) is 66.0 Å². The summed E-state index contributed by atoms with van der Waals surface area (Å²) in [5.41, 5.74) is 0.775. The van der Waals surface area contributed by atoms with Gasteiger partial charge in [0.1, 0.15) is 5.82 Å². The summed E-state index contributed by atoms with van der Waals surface area (Å²) in [7, 11) is -3.96. The maximum Gasteiger partial charge on any atom is 0.243 e. The minimum absolute atomic E-state index is 0.0336. The molecule has 0 unspecified atom stereocenters. The number of halogens is 1. The Hall–Kier alpha value is -2.25. The fourth-order valence-electron chi connectivity index (χ4n) is 3.71. The Morgan fingerprint density at radius 3 is 2.38 bits per heavy atom. The van der Waals surface area contributed by atoms with Crippen molar-refractivity contribution >= 4 is 15.9 Å².